The Bertz CT molecular complexity index is 478. The largest absolute Gasteiger partial charge is 0.313 e. The lowest BCUT2D eigenvalue weighted by Crippen LogP contribution is -2.05. The number of fused-ring (bicyclic) bond motifs is 1. The Balaban J connectivity index is 3.01. The van der Waals surface area contributed by atoms with Crippen LogP contribution in [-0.4, -0.2) is 9.96 Å². The van der Waals surface area contributed by atoms with Crippen molar-refractivity contribution >= 4 is 10.9 Å². The molecule has 11 heavy (non-hydrogen) atoms. The molecule has 0 spiro atoms. The zero-order valence-electron chi connectivity index (χ0n) is 6.69. The smallest absolute Gasteiger partial charge is 0.258 e. The molecule has 2 rings (SSSR count). The molecule has 0 fully saturated rings. The van der Waals surface area contributed by atoms with Crippen molar-refractivity contribution in [2.75, 3.05) is 0 Å². The second kappa shape index (κ2) is 2.20. The van der Waals surface area contributed by atoms with Gasteiger partial charge >= 0.3 is 0 Å². The van der Waals surface area contributed by atoms with Gasteiger partial charge in [0, 0.05) is 0 Å². The summed E-state index contributed by atoms with van der Waals surface area (Å²) in [6.07, 6.45) is 1.20. The highest BCUT2D eigenvalue weighted by atomic mass is 16.1. The van der Waals surface area contributed by atoms with Crippen LogP contribution in [0.5, 0.6) is 0 Å². The lowest BCUT2D eigenvalue weighted by atomic mass is 10.2. The maximum atomic E-state index is 11.3. The first kappa shape index (κ1) is 5.07. The summed E-state index contributed by atoms with van der Waals surface area (Å²) in [5.41, 5.74) is 0.298. The summed E-state index contributed by atoms with van der Waals surface area (Å²) in [6, 6.07) is 6.97. The van der Waals surface area contributed by atoms with Gasteiger partial charge in [-0.1, -0.05) is 12.1 Å². The maximum Gasteiger partial charge on any atom is 0.258 e. The first-order valence-corrected chi connectivity index (χ1v) is 3.25. The number of benzene rings is 1. The summed E-state index contributed by atoms with van der Waals surface area (Å²) in [5, 5.41) is 0.481. The summed E-state index contributed by atoms with van der Waals surface area (Å²) in [6.45, 7) is 0. The average Bonchev–Trinajstić information content (AvgIpc) is 2.12. The molecule has 3 nitrogen and oxygen atoms in total. The fourth-order valence-electron chi connectivity index (χ4n) is 0.980. The molecule has 0 aliphatic carbocycles. The highest BCUT2D eigenvalue weighted by Gasteiger charge is 1.94. The zero-order chi connectivity index (χ0) is 8.55. The van der Waals surface area contributed by atoms with Crippen LogP contribution in [0, 0.1) is 0 Å². The molecule has 3 heteroatoms. The molecule has 0 saturated heterocycles. The predicted molar refractivity (Wildman–Crippen MR) is 42.4 cm³/mol. The molecular formula is C8H6N2O. The van der Waals surface area contributed by atoms with Crippen molar-refractivity contribution in [2.24, 2.45) is 0 Å². The summed E-state index contributed by atoms with van der Waals surface area (Å²) in [7, 11) is 0. The molecule has 0 radical (unpaired) electrons. The Morgan fingerprint density at radius 3 is 3.18 bits per heavy atom. The van der Waals surface area contributed by atoms with Gasteiger partial charge in [-0.25, -0.2) is 4.98 Å². The summed E-state index contributed by atoms with van der Waals surface area (Å²) < 4.78 is 7.14. The molecule has 1 aromatic heterocycles. The van der Waals surface area contributed by atoms with E-state index in [4.69, 9.17) is 1.41 Å². The van der Waals surface area contributed by atoms with Crippen LogP contribution < -0.4 is 5.56 Å². The van der Waals surface area contributed by atoms with Crippen molar-refractivity contribution < 1.29 is 1.41 Å². The van der Waals surface area contributed by atoms with E-state index < -0.39 is 0 Å². The molecule has 0 unspecified atom stereocenters. The fraction of sp³-hybridized carbons (Fsp3) is 0. The highest BCUT2D eigenvalue weighted by molar-refractivity contribution is 5.76. The summed E-state index contributed by atoms with van der Waals surface area (Å²) in [5.74, 6) is 0. The van der Waals surface area contributed by atoms with Gasteiger partial charge in [0.25, 0.3) is 5.56 Å². The van der Waals surface area contributed by atoms with Crippen LogP contribution in [0.25, 0.3) is 10.9 Å². The zero-order valence-corrected chi connectivity index (χ0v) is 5.69. The Morgan fingerprint density at radius 1 is 1.45 bits per heavy atom. The molecule has 0 amide bonds. The molecule has 0 aliphatic rings. The number of nitrogens with one attached hydrogen (secondary N) is 1. The Kier molecular flexibility index (Phi) is 1.01. The van der Waals surface area contributed by atoms with Gasteiger partial charge in [-0.3, -0.25) is 4.79 Å². The summed E-state index contributed by atoms with van der Waals surface area (Å²) in [4.78, 5) is 15.9. The number of rotatable bonds is 0. The number of hydrogen-bond donors (Lipinski definition) is 1. The van der Waals surface area contributed by atoms with Crippen LogP contribution in [0.3, 0.4) is 0 Å². The molecule has 0 atom stereocenters. The van der Waals surface area contributed by atoms with Crippen LogP contribution >= 0.6 is 0 Å². The van der Waals surface area contributed by atoms with Crippen molar-refractivity contribution in [3.63, 3.8) is 0 Å². The molecule has 1 aromatic carbocycles. The topological polar surface area (TPSA) is 45.8 Å². The van der Waals surface area contributed by atoms with E-state index in [0.717, 1.165) is 4.98 Å². The molecule has 1 heterocycles. The van der Waals surface area contributed by atoms with E-state index in [9.17, 15) is 4.79 Å². The van der Waals surface area contributed by atoms with E-state index >= 15 is 0 Å². The lowest BCUT2D eigenvalue weighted by molar-refractivity contribution is 1.17. The van der Waals surface area contributed by atoms with E-state index in [2.05, 4.69) is 4.98 Å². The lowest BCUT2D eigenvalue weighted by Gasteiger charge is -1.91. The number of nitrogens with zero attached hydrogens (tertiary/aromatic N) is 1. The van der Waals surface area contributed by atoms with Gasteiger partial charge in [0.15, 0.2) is 1.41 Å². The molecule has 2 aromatic rings. The monoisotopic (exact) mass is 147 g/mol. The van der Waals surface area contributed by atoms with Crippen LogP contribution in [-0.2, 0) is 0 Å². The Labute approximate surface area is 64.2 Å². The van der Waals surface area contributed by atoms with Gasteiger partial charge in [-0.2, -0.15) is 0 Å². The SMILES string of the molecule is [2H]n1cnc2ccccc2c1=O. The predicted octanol–water partition coefficient (Wildman–Crippen LogP) is 0.923. The second-order valence-electron chi connectivity index (χ2n) is 2.20. The standard InChI is InChI=1S/C8H6N2O/c11-8-6-3-1-2-4-7(6)9-5-10-8/h1-5H,(H,9,10,11)/i/hD. The number of aromatic nitrogens is 2. The quantitative estimate of drug-likeness (QED) is 0.602. The fourth-order valence-corrected chi connectivity index (χ4v) is 0.980. The highest BCUT2D eigenvalue weighted by Crippen LogP contribution is 2.02. The number of H-pyrrole nitrogens is 1. The third-order valence-electron chi connectivity index (χ3n) is 1.51. The second-order valence-corrected chi connectivity index (χ2v) is 2.20. The molecule has 0 saturated carbocycles. The van der Waals surface area contributed by atoms with Gasteiger partial charge < -0.3 is 4.98 Å². The van der Waals surface area contributed by atoms with E-state index in [1.165, 1.54) is 6.33 Å². The van der Waals surface area contributed by atoms with Crippen LogP contribution in [0.15, 0.2) is 35.4 Å². The number of hydrogen-bond acceptors (Lipinski definition) is 2. The van der Waals surface area contributed by atoms with Gasteiger partial charge in [0.1, 0.15) is 0 Å². The molecule has 1 N–H and O–H groups in total. The van der Waals surface area contributed by atoms with Crippen LogP contribution in [0.4, 0.5) is 0 Å². The third-order valence-corrected chi connectivity index (χ3v) is 1.51. The third kappa shape index (κ3) is 0.902. The normalized spacial score (nSPS) is 11.5. The van der Waals surface area contributed by atoms with Gasteiger partial charge in [-0.15, -0.1) is 0 Å². The Hall–Kier alpha value is -1.64. The van der Waals surface area contributed by atoms with E-state index in [-0.39, 0.29) is 5.56 Å². The number of para-hydroxylation sites is 1. The maximum absolute atomic E-state index is 11.3. The van der Waals surface area contributed by atoms with E-state index in [1.54, 1.807) is 18.2 Å². The van der Waals surface area contributed by atoms with Crippen molar-refractivity contribution in [2.45, 2.75) is 0 Å². The van der Waals surface area contributed by atoms with Crippen molar-refractivity contribution in [3.05, 3.63) is 40.9 Å². The molecule has 0 aliphatic heterocycles. The van der Waals surface area contributed by atoms with E-state index in [1.807, 2.05) is 6.07 Å². The summed E-state index contributed by atoms with van der Waals surface area (Å²) >= 11 is 0. The van der Waals surface area contributed by atoms with Gasteiger partial charge in [0.2, 0.25) is 0 Å². The molecular weight excluding hydrogens is 140 g/mol. The van der Waals surface area contributed by atoms with Crippen molar-refractivity contribution in [1.82, 2.24) is 9.96 Å². The Morgan fingerprint density at radius 2 is 2.27 bits per heavy atom. The van der Waals surface area contributed by atoms with Crippen LogP contribution in [0.2, 0.25) is 1.41 Å². The minimum atomic E-state index is -0.333. The number of aromatic amines is 1. The van der Waals surface area contributed by atoms with E-state index in [0.29, 0.717) is 10.9 Å². The van der Waals surface area contributed by atoms with Gasteiger partial charge in [-0.05, 0) is 12.1 Å². The first-order chi connectivity index (χ1) is 5.79. The molecule has 0 bridgehead atoms. The minimum Gasteiger partial charge on any atom is -0.313 e. The average molecular weight is 147 g/mol. The van der Waals surface area contributed by atoms with Crippen molar-refractivity contribution in [1.29, 1.82) is 0 Å². The molecule has 54 valence electrons. The van der Waals surface area contributed by atoms with Crippen LogP contribution in [0.1, 0.15) is 0 Å². The minimum absolute atomic E-state index is 0.333. The van der Waals surface area contributed by atoms with Crippen molar-refractivity contribution in [3.8, 4) is 0 Å². The first-order valence-electron chi connectivity index (χ1n) is 3.69. The van der Waals surface area contributed by atoms with Gasteiger partial charge in [0.05, 0.1) is 17.2 Å².